The van der Waals surface area contributed by atoms with Gasteiger partial charge in [-0.1, -0.05) is 24.3 Å². The first-order valence-electron chi connectivity index (χ1n) is 7.42. The van der Waals surface area contributed by atoms with E-state index in [1.54, 1.807) is 42.5 Å². The maximum atomic E-state index is 11.7. The van der Waals surface area contributed by atoms with Crippen molar-refractivity contribution in [3.05, 3.63) is 63.7 Å². The van der Waals surface area contributed by atoms with E-state index >= 15 is 0 Å². The van der Waals surface area contributed by atoms with E-state index in [2.05, 4.69) is 0 Å². The third-order valence-corrected chi connectivity index (χ3v) is 4.74. The third kappa shape index (κ3) is 2.65. The number of aliphatic hydroxyl groups excluding tert-OH is 1. The first-order chi connectivity index (χ1) is 11.9. The van der Waals surface area contributed by atoms with Crippen LogP contribution in [0.25, 0.3) is 0 Å². The lowest BCUT2D eigenvalue weighted by Crippen LogP contribution is -2.49. The maximum Gasteiger partial charge on any atom is 0.364 e. The number of benzene rings is 2. The van der Waals surface area contributed by atoms with E-state index in [4.69, 9.17) is 25.8 Å². The predicted molar refractivity (Wildman–Crippen MR) is 89.9 cm³/mol. The van der Waals surface area contributed by atoms with Crippen molar-refractivity contribution in [2.24, 2.45) is 0 Å². The zero-order valence-electron chi connectivity index (χ0n) is 13.5. The van der Waals surface area contributed by atoms with Crippen molar-refractivity contribution < 1.29 is 24.2 Å². The van der Waals surface area contributed by atoms with E-state index in [0.29, 0.717) is 22.8 Å². The van der Waals surface area contributed by atoms with E-state index < -0.39 is 22.1 Å². The van der Waals surface area contributed by atoms with Crippen LogP contribution in [0.5, 0.6) is 17.2 Å². The van der Waals surface area contributed by atoms with Crippen LogP contribution in [0, 0.1) is 10.1 Å². The summed E-state index contributed by atoms with van der Waals surface area (Å²) in [5.74, 6) is 1.18. The summed E-state index contributed by atoms with van der Waals surface area (Å²) < 4.78 is 16.2. The van der Waals surface area contributed by atoms with Gasteiger partial charge in [0.2, 0.25) is 6.10 Å². The van der Waals surface area contributed by atoms with Crippen LogP contribution in [0.1, 0.15) is 23.3 Å². The summed E-state index contributed by atoms with van der Waals surface area (Å²) in [5.41, 5.74) is 0.656. The highest BCUT2D eigenvalue weighted by molar-refractivity contribution is 6.23. The maximum absolute atomic E-state index is 11.7. The summed E-state index contributed by atoms with van der Waals surface area (Å²) in [6.07, 6.45) is -2.78. The molecule has 1 aliphatic rings. The normalized spacial score (nSPS) is 24.8. The molecule has 0 saturated carbocycles. The Hall–Kier alpha value is -2.51. The Labute approximate surface area is 148 Å². The second kappa shape index (κ2) is 6.42. The Morgan fingerprint density at radius 2 is 1.88 bits per heavy atom. The number of alkyl halides is 1. The molecule has 1 heterocycles. The minimum absolute atomic E-state index is 0.269. The summed E-state index contributed by atoms with van der Waals surface area (Å²) in [4.78, 5) is 8.73. The molecule has 8 heteroatoms. The lowest BCUT2D eigenvalue weighted by Gasteiger charge is -2.37. The Morgan fingerprint density at radius 3 is 2.52 bits per heavy atom. The average Bonchev–Trinajstić information content (AvgIpc) is 2.63. The second-order valence-electron chi connectivity index (χ2n) is 5.54. The zero-order chi connectivity index (χ0) is 18.2. The molecule has 2 aromatic rings. The molecule has 2 aromatic carbocycles. The molecule has 1 N–H and O–H groups in total. The van der Waals surface area contributed by atoms with Gasteiger partial charge >= 0.3 is 5.00 Å². The number of hydrogen-bond donors (Lipinski definition) is 1. The molecule has 0 unspecified atom stereocenters. The van der Waals surface area contributed by atoms with E-state index in [0.717, 1.165) is 0 Å². The molecular formula is C17H16ClNO6. The molecule has 3 atom stereocenters. The van der Waals surface area contributed by atoms with Crippen LogP contribution < -0.4 is 14.2 Å². The van der Waals surface area contributed by atoms with Gasteiger partial charge in [0.1, 0.15) is 5.75 Å². The van der Waals surface area contributed by atoms with Crippen LogP contribution in [0.2, 0.25) is 0 Å². The number of ether oxygens (including phenoxy) is 3. The van der Waals surface area contributed by atoms with Gasteiger partial charge < -0.3 is 19.3 Å². The van der Waals surface area contributed by atoms with E-state index in [9.17, 15) is 15.2 Å². The lowest BCUT2D eigenvalue weighted by molar-refractivity contribution is -0.570. The van der Waals surface area contributed by atoms with Gasteiger partial charge in [-0.15, -0.1) is 0 Å². The third-order valence-electron chi connectivity index (χ3n) is 4.20. The standard InChI is InChI=1S/C17H16ClNO6/c1-23-13-8-7-10(9-14(13)24-2)16-17(18,19(21)22)15(20)11-5-3-4-6-12(11)25-16/h3-9,15-16,20H,1-2H3/t15-,16-,17+/m1/s1. The van der Waals surface area contributed by atoms with Crippen LogP contribution in [-0.2, 0) is 0 Å². The minimum atomic E-state index is -2.28. The first kappa shape index (κ1) is 17.3. The van der Waals surface area contributed by atoms with Crippen molar-refractivity contribution in [1.29, 1.82) is 0 Å². The van der Waals surface area contributed by atoms with Crippen molar-refractivity contribution >= 4 is 11.6 Å². The summed E-state index contributed by atoms with van der Waals surface area (Å²) in [6.45, 7) is 0. The molecule has 132 valence electrons. The first-order valence-corrected chi connectivity index (χ1v) is 7.80. The fraction of sp³-hybridized carbons (Fsp3) is 0.294. The number of para-hydroxylation sites is 1. The molecular weight excluding hydrogens is 350 g/mol. The highest BCUT2D eigenvalue weighted by atomic mass is 35.5. The number of rotatable bonds is 4. The van der Waals surface area contributed by atoms with Gasteiger partial charge in [-0.2, -0.15) is 0 Å². The van der Waals surface area contributed by atoms with E-state index in [1.807, 2.05) is 0 Å². The molecule has 25 heavy (non-hydrogen) atoms. The van der Waals surface area contributed by atoms with E-state index in [1.165, 1.54) is 14.2 Å². The topological polar surface area (TPSA) is 91.1 Å². The summed E-state index contributed by atoms with van der Waals surface area (Å²) in [6, 6.07) is 11.3. The van der Waals surface area contributed by atoms with Gasteiger partial charge in [0.05, 0.1) is 19.1 Å². The molecule has 3 rings (SSSR count). The number of fused-ring (bicyclic) bond motifs is 1. The molecule has 0 saturated heterocycles. The summed E-state index contributed by atoms with van der Waals surface area (Å²) >= 11 is 6.31. The fourth-order valence-electron chi connectivity index (χ4n) is 2.90. The van der Waals surface area contributed by atoms with Crippen molar-refractivity contribution in [3.8, 4) is 17.2 Å². The molecule has 0 spiro atoms. The Balaban J connectivity index is 2.15. The second-order valence-corrected chi connectivity index (χ2v) is 6.14. The smallest absolute Gasteiger partial charge is 0.364 e. The van der Waals surface area contributed by atoms with Gasteiger partial charge in [0.25, 0.3) is 0 Å². The van der Waals surface area contributed by atoms with Crippen molar-refractivity contribution in [3.63, 3.8) is 0 Å². The van der Waals surface area contributed by atoms with Gasteiger partial charge in [-0.25, -0.2) is 0 Å². The van der Waals surface area contributed by atoms with Gasteiger partial charge in [0.15, 0.2) is 17.6 Å². The van der Waals surface area contributed by atoms with Crippen LogP contribution >= 0.6 is 11.6 Å². The molecule has 0 amide bonds. The molecule has 7 nitrogen and oxygen atoms in total. The molecule has 0 radical (unpaired) electrons. The Morgan fingerprint density at radius 1 is 1.20 bits per heavy atom. The number of hydrogen-bond acceptors (Lipinski definition) is 6. The monoisotopic (exact) mass is 365 g/mol. The average molecular weight is 366 g/mol. The molecule has 0 fully saturated rings. The van der Waals surface area contributed by atoms with E-state index in [-0.39, 0.29) is 5.56 Å². The quantitative estimate of drug-likeness (QED) is 0.387. The van der Waals surface area contributed by atoms with Gasteiger partial charge in [0, 0.05) is 11.1 Å². The van der Waals surface area contributed by atoms with Crippen molar-refractivity contribution in [1.82, 2.24) is 0 Å². The van der Waals surface area contributed by atoms with Crippen LogP contribution in [-0.4, -0.2) is 29.2 Å². The number of halogens is 1. The molecule has 0 bridgehead atoms. The molecule has 0 aromatic heterocycles. The van der Waals surface area contributed by atoms with Crippen LogP contribution in [0.15, 0.2) is 42.5 Å². The lowest BCUT2D eigenvalue weighted by atomic mass is 9.89. The SMILES string of the molecule is COc1ccc([C@H]2Oc3ccccc3[C@@H](O)[C@]2(Cl)[N+](=O)[O-])cc1OC. The van der Waals surface area contributed by atoms with Crippen molar-refractivity contribution in [2.75, 3.05) is 14.2 Å². The van der Waals surface area contributed by atoms with Crippen LogP contribution in [0.4, 0.5) is 0 Å². The summed E-state index contributed by atoms with van der Waals surface area (Å²) in [5, 5.41) is 22.3. The summed E-state index contributed by atoms with van der Waals surface area (Å²) in [7, 11) is 2.94. The molecule has 1 aliphatic heterocycles. The number of methoxy groups -OCH3 is 2. The predicted octanol–water partition coefficient (Wildman–Crippen LogP) is 3.08. The fourth-order valence-corrected chi connectivity index (χ4v) is 3.19. The van der Waals surface area contributed by atoms with Gasteiger partial charge in [-0.3, -0.25) is 10.1 Å². The highest BCUT2D eigenvalue weighted by Gasteiger charge is 2.61. The Bertz CT molecular complexity index is 813. The molecule has 0 aliphatic carbocycles. The van der Waals surface area contributed by atoms with Crippen LogP contribution in [0.3, 0.4) is 0 Å². The Kier molecular flexibility index (Phi) is 4.45. The number of nitro groups is 1. The number of nitrogens with zero attached hydrogens (tertiary/aromatic N) is 1. The zero-order valence-corrected chi connectivity index (χ0v) is 14.3. The van der Waals surface area contributed by atoms with Crippen molar-refractivity contribution in [2.45, 2.75) is 17.2 Å². The highest BCUT2D eigenvalue weighted by Crippen LogP contribution is 2.52. The largest absolute Gasteiger partial charge is 0.493 e. The number of aliphatic hydroxyl groups is 1. The van der Waals surface area contributed by atoms with Gasteiger partial charge in [-0.05, 0) is 29.8 Å². The minimum Gasteiger partial charge on any atom is -0.493 e.